The summed E-state index contributed by atoms with van der Waals surface area (Å²) in [5.41, 5.74) is 0.446. The van der Waals surface area contributed by atoms with Gasteiger partial charge in [0, 0.05) is 33.9 Å². The molecule has 1 atom stereocenters. The van der Waals surface area contributed by atoms with Crippen molar-refractivity contribution in [1.29, 1.82) is 0 Å². The van der Waals surface area contributed by atoms with Gasteiger partial charge in [0.2, 0.25) is 5.91 Å². The summed E-state index contributed by atoms with van der Waals surface area (Å²) in [7, 11) is 5.26. The Morgan fingerprint density at radius 3 is 2.77 bits per heavy atom. The molecule has 3 amide bonds. The molecule has 0 radical (unpaired) electrons. The molecule has 2 saturated heterocycles. The normalized spacial score (nSPS) is 25.1. The molecule has 2 aliphatic heterocycles. The maximum absolute atomic E-state index is 12.5. The Balaban J connectivity index is 1.92. The number of urea groups is 1. The Morgan fingerprint density at radius 1 is 1.45 bits per heavy atom. The van der Waals surface area contributed by atoms with Gasteiger partial charge in [-0.25, -0.2) is 4.79 Å². The highest BCUT2D eigenvalue weighted by molar-refractivity contribution is 5.98. The summed E-state index contributed by atoms with van der Waals surface area (Å²) in [5.74, 6) is -0.0688. The van der Waals surface area contributed by atoms with Gasteiger partial charge in [-0.3, -0.25) is 9.48 Å². The molecule has 3 rings (SSSR count). The Hall–Kier alpha value is -2.09. The van der Waals surface area contributed by atoms with Crippen LogP contribution in [-0.2, 0) is 11.8 Å². The molecular formula is C14H22N6O2. The molecule has 1 spiro atoms. The Bertz CT molecular complexity index is 590. The Morgan fingerprint density at radius 2 is 2.23 bits per heavy atom. The van der Waals surface area contributed by atoms with Crippen molar-refractivity contribution in [2.45, 2.75) is 12.0 Å². The Labute approximate surface area is 129 Å². The number of hydrogen-bond donors (Lipinski definition) is 1. The minimum Gasteiger partial charge on any atom is -0.331 e. The summed E-state index contributed by atoms with van der Waals surface area (Å²) in [6.07, 6.45) is 4.37. The number of nitrogens with zero attached hydrogens (tertiary/aromatic N) is 5. The summed E-state index contributed by atoms with van der Waals surface area (Å²) in [6.45, 7) is 2.17. The largest absolute Gasteiger partial charge is 0.331 e. The predicted molar refractivity (Wildman–Crippen MR) is 81.6 cm³/mol. The zero-order chi connectivity index (χ0) is 15.9. The number of carbonyl (C=O) groups is 2. The van der Waals surface area contributed by atoms with Crippen molar-refractivity contribution in [3.63, 3.8) is 0 Å². The molecule has 22 heavy (non-hydrogen) atoms. The second-order valence-corrected chi connectivity index (χ2v) is 6.27. The molecule has 1 aromatic rings. The molecule has 0 saturated carbocycles. The minimum absolute atomic E-state index is 0.0688. The molecule has 3 heterocycles. The summed E-state index contributed by atoms with van der Waals surface area (Å²) in [6, 6.07) is -0.108. The first-order valence-electron chi connectivity index (χ1n) is 7.42. The van der Waals surface area contributed by atoms with Crippen LogP contribution in [0.25, 0.3) is 0 Å². The quantitative estimate of drug-likeness (QED) is 0.758. The zero-order valence-corrected chi connectivity index (χ0v) is 13.2. The number of anilines is 1. The van der Waals surface area contributed by atoms with Gasteiger partial charge in [0.1, 0.15) is 6.54 Å². The third-order valence-corrected chi connectivity index (χ3v) is 4.46. The van der Waals surface area contributed by atoms with Crippen molar-refractivity contribution >= 4 is 17.6 Å². The molecule has 8 heteroatoms. The first kappa shape index (κ1) is 14.8. The van der Waals surface area contributed by atoms with Crippen LogP contribution < -0.4 is 10.2 Å². The summed E-state index contributed by atoms with van der Waals surface area (Å²) in [5, 5.41) is 7.47. The van der Waals surface area contributed by atoms with Crippen LogP contribution in [0, 0.1) is 0 Å². The lowest BCUT2D eigenvalue weighted by molar-refractivity contribution is -0.123. The molecule has 120 valence electrons. The van der Waals surface area contributed by atoms with Crippen molar-refractivity contribution in [3.8, 4) is 0 Å². The SMILES string of the molecule is CN(C)C(=O)N1CC(=O)N(c2cnn(C)c2)C[C@@]12CCNC2. The Kier molecular flexibility index (Phi) is 3.56. The van der Waals surface area contributed by atoms with Crippen LogP contribution in [0.2, 0.25) is 0 Å². The van der Waals surface area contributed by atoms with E-state index in [-0.39, 0.29) is 24.0 Å². The van der Waals surface area contributed by atoms with E-state index < -0.39 is 0 Å². The predicted octanol–water partition coefficient (Wildman–Crippen LogP) is -0.518. The monoisotopic (exact) mass is 306 g/mol. The van der Waals surface area contributed by atoms with Crippen LogP contribution in [-0.4, -0.2) is 77.3 Å². The number of amides is 3. The molecule has 0 bridgehead atoms. The van der Waals surface area contributed by atoms with E-state index in [1.54, 1.807) is 34.8 Å². The van der Waals surface area contributed by atoms with Gasteiger partial charge < -0.3 is 20.0 Å². The summed E-state index contributed by atoms with van der Waals surface area (Å²) < 4.78 is 1.68. The van der Waals surface area contributed by atoms with E-state index in [9.17, 15) is 9.59 Å². The van der Waals surface area contributed by atoms with Gasteiger partial charge >= 0.3 is 6.03 Å². The smallest absolute Gasteiger partial charge is 0.320 e. The second-order valence-electron chi connectivity index (χ2n) is 6.27. The average Bonchev–Trinajstić information content (AvgIpc) is 3.10. The van der Waals surface area contributed by atoms with Crippen LogP contribution in [0.4, 0.5) is 10.5 Å². The lowest BCUT2D eigenvalue weighted by Crippen LogP contribution is -2.68. The van der Waals surface area contributed by atoms with Crippen molar-refractivity contribution < 1.29 is 9.59 Å². The maximum Gasteiger partial charge on any atom is 0.320 e. The van der Waals surface area contributed by atoms with E-state index in [4.69, 9.17) is 0 Å². The van der Waals surface area contributed by atoms with E-state index >= 15 is 0 Å². The first-order chi connectivity index (χ1) is 10.4. The van der Waals surface area contributed by atoms with E-state index in [0.717, 1.165) is 18.7 Å². The molecular weight excluding hydrogens is 284 g/mol. The second kappa shape index (κ2) is 5.28. The minimum atomic E-state index is -0.342. The first-order valence-corrected chi connectivity index (χ1v) is 7.42. The van der Waals surface area contributed by atoms with Crippen LogP contribution in [0.15, 0.2) is 12.4 Å². The van der Waals surface area contributed by atoms with Crippen molar-refractivity contribution in [2.75, 3.05) is 45.2 Å². The number of aryl methyl sites for hydroxylation is 1. The molecule has 2 fully saturated rings. The van der Waals surface area contributed by atoms with E-state index in [1.807, 2.05) is 13.2 Å². The lowest BCUT2D eigenvalue weighted by Gasteiger charge is -2.48. The number of nitrogens with one attached hydrogen (secondary N) is 1. The molecule has 1 aromatic heterocycles. The fourth-order valence-electron chi connectivity index (χ4n) is 3.25. The lowest BCUT2D eigenvalue weighted by atomic mass is 9.92. The molecule has 0 aliphatic carbocycles. The van der Waals surface area contributed by atoms with E-state index in [0.29, 0.717) is 13.1 Å². The number of aromatic nitrogens is 2. The van der Waals surface area contributed by atoms with E-state index in [2.05, 4.69) is 10.4 Å². The molecule has 0 aromatic carbocycles. The third-order valence-electron chi connectivity index (χ3n) is 4.46. The van der Waals surface area contributed by atoms with Crippen molar-refractivity contribution in [3.05, 3.63) is 12.4 Å². The van der Waals surface area contributed by atoms with Gasteiger partial charge in [-0.05, 0) is 13.0 Å². The molecule has 2 aliphatic rings. The zero-order valence-electron chi connectivity index (χ0n) is 13.2. The third kappa shape index (κ3) is 2.33. The highest BCUT2D eigenvalue weighted by Gasteiger charge is 2.49. The number of rotatable bonds is 1. The van der Waals surface area contributed by atoms with Gasteiger partial charge in [-0.15, -0.1) is 0 Å². The fourth-order valence-corrected chi connectivity index (χ4v) is 3.25. The molecule has 1 N–H and O–H groups in total. The van der Waals surface area contributed by atoms with Crippen LogP contribution in [0.3, 0.4) is 0 Å². The van der Waals surface area contributed by atoms with Crippen LogP contribution in [0.5, 0.6) is 0 Å². The number of piperazine rings is 1. The van der Waals surface area contributed by atoms with Crippen molar-refractivity contribution in [1.82, 2.24) is 24.9 Å². The van der Waals surface area contributed by atoms with Crippen LogP contribution in [0.1, 0.15) is 6.42 Å². The van der Waals surface area contributed by atoms with Gasteiger partial charge in [-0.1, -0.05) is 0 Å². The van der Waals surface area contributed by atoms with Gasteiger partial charge in [0.25, 0.3) is 0 Å². The van der Waals surface area contributed by atoms with E-state index in [1.165, 1.54) is 4.90 Å². The summed E-state index contributed by atoms with van der Waals surface area (Å²) >= 11 is 0. The van der Waals surface area contributed by atoms with Gasteiger partial charge in [0.15, 0.2) is 0 Å². The maximum atomic E-state index is 12.5. The highest BCUT2D eigenvalue weighted by atomic mass is 16.2. The number of hydrogen-bond acceptors (Lipinski definition) is 4. The highest BCUT2D eigenvalue weighted by Crippen LogP contribution is 2.31. The number of carbonyl (C=O) groups excluding carboxylic acids is 2. The van der Waals surface area contributed by atoms with Crippen molar-refractivity contribution in [2.24, 2.45) is 7.05 Å². The standard InChI is InChI=1S/C14H22N6O2/c1-17(2)13(22)20-8-12(21)19(11-6-16-18(3)7-11)10-14(20)4-5-15-9-14/h6-7,15H,4-5,8-10H2,1-3H3/t14-/m0/s1. The fraction of sp³-hybridized carbons (Fsp3) is 0.643. The van der Waals surface area contributed by atoms with Gasteiger partial charge in [0.05, 0.1) is 24.0 Å². The summed E-state index contributed by atoms with van der Waals surface area (Å²) in [4.78, 5) is 30.0. The molecule has 8 nitrogen and oxygen atoms in total. The average molecular weight is 306 g/mol. The topological polar surface area (TPSA) is 73.7 Å². The van der Waals surface area contributed by atoms with Gasteiger partial charge in [-0.2, -0.15) is 5.10 Å². The molecule has 0 unspecified atom stereocenters. The van der Waals surface area contributed by atoms with Crippen LogP contribution >= 0.6 is 0 Å².